The first-order chi connectivity index (χ1) is 8.69. The van der Waals surface area contributed by atoms with Gasteiger partial charge in [0.1, 0.15) is 0 Å². The molecule has 1 saturated heterocycles. The summed E-state index contributed by atoms with van der Waals surface area (Å²) in [7, 11) is 0. The molecule has 0 radical (unpaired) electrons. The lowest BCUT2D eigenvalue weighted by Crippen LogP contribution is -2.53. The normalized spacial score (nSPS) is 26.7. The Bertz CT molecular complexity index is 433. The van der Waals surface area contributed by atoms with Crippen molar-refractivity contribution in [3.8, 4) is 0 Å². The lowest BCUT2D eigenvalue weighted by Gasteiger charge is -2.38. The Labute approximate surface area is 118 Å². The predicted molar refractivity (Wildman–Crippen MR) is 74.4 cm³/mol. The number of nitrogens with one attached hydrogen (secondary N) is 1. The van der Waals surface area contributed by atoms with Crippen LogP contribution >= 0.6 is 23.2 Å². The predicted octanol–water partition coefficient (Wildman–Crippen LogP) is 3.97. The Balaban J connectivity index is 1.70. The van der Waals surface area contributed by atoms with E-state index in [0.717, 1.165) is 18.7 Å². The van der Waals surface area contributed by atoms with Crippen molar-refractivity contribution in [1.29, 1.82) is 0 Å². The maximum Gasteiger partial charge on any atom is 0.0950 e. The first-order valence-corrected chi connectivity index (χ1v) is 7.26. The van der Waals surface area contributed by atoms with Crippen molar-refractivity contribution in [1.82, 2.24) is 5.32 Å². The number of hydrogen-bond acceptors (Lipinski definition) is 2. The van der Waals surface area contributed by atoms with Crippen LogP contribution in [0.1, 0.15) is 37.4 Å². The van der Waals surface area contributed by atoms with Crippen molar-refractivity contribution < 1.29 is 4.74 Å². The molecule has 1 atom stereocenters. The van der Waals surface area contributed by atoms with Gasteiger partial charge in [0, 0.05) is 12.1 Å². The highest BCUT2D eigenvalue weighted by molar-refractivity contribution is 6.42. The lowest BCUT2D eigenvalue weighted by atomic mass is 9.95. The van der Waals surface area contributed by atoms with E-state index >= 15 is 0 Å². The molecular weight excluding hydrogens is 269 g/mol. The zero-order chi connectivity index (χ0) is 12.6. The van der Waals surface area contributed by atoms with Crippen LogP contribution in [0.3, 0.4) is 0 Å². The van der Waals surface area contributed by atoms with Crippen molar-refractivity contribution in [3.05, 3.63) is 33.8 Å². The Morgan fingerprint density at radius 1 is 1.17 bits per heavy atom. The third-order valence-corrected chi connectivity index (χ3v) is 4.84. The average molecular weight is 286 g/mol. The summed E-state index contributed by atoms with van der Waals surface area (Å²) in [5, 5.41) is 4.87. The smallest absolute Gasteiger partial charge is 0.0950 e. The molecule has 1 aliphatic carbocycles. The summed E-state index contributed by atoms with van der Waals surface area (Å²) in [6, 6.07) is 5.73. The molecule has 2 nitrogen and oxygen atoms in total. The van der Waals surface area contributed by atoms with Gasteiger partial charge in [-0.2, -0.15) is 0 Å². The van der Waals surface area contributed by atoms with Gasteiger partial charge in [0.2, 0.25) is 0 Å². The molecule has 1 N–H and O–H groups in total. The number of hydrogen-bond donors (Lipinski definition) is 1. The van der Waals surface area contributed by atoms with Gasteiger partial charge in [0.05, 0.1) is 22.8 Å². The van der Waals surface area contributed by atoms with Crippen LogP contribution < -0.4 is 5.32 Å². The van der Waals surface area contributed by atoms with Crippen LogP contribution in [0.2, 0.25) is 10.0 Å². The van der Waals surface area contributed by atoms with Gasteiger partial charge < -0.3 is 10.1 Å². The van der Waals surface area contributed by atoms with Gasteiger partial charge in [-0.3, -0.25) is 0 Å². The molecule has 0 bridgehead atoms. The number of rotatable bonds is 1. The highest BCUT2D eigenvalue weighted by Crippen LogP contribution is 2.36. The third kappa shape index (κ3) is 2.39. The summed E-state index contributed by atoms with van der Waals surface area (Å²) in [6.07, 6.45) is 5.19. The Morgan fingerprint density at radius 2 is 1.94 bits per heavy atom. The molecule has 3 rings (SSSR count). The summed E-state index contributed by atoms with van der Waals surface area (Å²) >= 11 is 12.0. The van der Waals surface area contributed by atoms with E-state index in [1.807, 2.05) is 18.2 Å². The van der Waals surface area contributed by atoms with Gasteiger partial charge in [-0.05, 0) is 30.5 Å². The van der Waals surface area contributed by atoms with E-state index in [9.17, 15) is 0 Å². The first kappa shape index (κ1) is 12.7. The van der Waals surface area contributed by atoms with Crippen molar-refractivity contribution in [2.75, 3.05) is 13.2 Å². The summed E-state index contributed by atoms with van der Waals surface area (Å²) in [5.41, 5.74) is 1.34. The monoisotopic (exact) mass is 285 g/mol. The maximum atomic E-state index is 6.05. The third-order valence-electron chi connectivity index (χ3n) is 4.10. The van der Waals surface area contributed by atoms with Crippen LogP contribution in [0.4, 0.5) is 0 Å². The molecule has 1 aromatic rings. The Kier molecular flexibility index (Phi) is 3.55. The van der Waals surface area contributed by atoms with E-state index in [4.69, 9.17) is 27.9 Å². The van der Waals surface area contributed by atoms with Crippen molar-refractivity contribution in [3.63, 3.8) is 0 Å². The molecule has 18 heavy (non-hydrogen) atoms. The number of ether oxygens (including phenoxy) is 1. The van der Waals surface area contributed by atoms with Gasteiger partial charge in [0.15, 0.2) is 0 Å². The topological polar surface area (TPSA) is 21.3 Å². The Morgan fingerprint density at radius 3 is 2.56 bits per heavy atom. The summed E-state index contributed by atoms with van der Waals surface area (Å²) in [4.78, 5) is 0. The van der Waals surface area contributed by atoms with Gasteiger partial charge in [-0.15, -0.1) is 0 Å². The molecule has 4 heteroatoms. The Hall–Kier alpha value is -0.280. The summed E-state index contributed by atoms with van der Waals surface area (Å²) < 4.78 is 6.03. The number of morpholine rings is 1. The van der Waals surface area contributed by atoms with Crippen LogP contribution in [-0.4, -0.2) is 18.7 Å². The second kappa shape index (κ2) is 5.01. The minimum absolute atomic E-state index is 0.0889. The van der Waals surface area contributed by atoms with Gasteiger partial charge >= 0.3 is 0 Å². The molecule has 1 aliphatic heterocycles. The van der Waals surface area contributed by atoms with Gasteiger partial charge in [-0.25, -0.2) is 0 Å². The highest BCUT2D eigenvalue weighted by atomic mass is 35.5. The van der Waals surface area contributed by atoms with E-state index in [0.29, 0.717) is 10.0 Å². The molecule has 2 aliphatic rings. The van der Waals surface area contributed by atoms with Crippen LogP contribution in [0, 0.1) is 0 Å². The van der Waals surface area contributed by atoms with Crippen LogP contribution in [0.15, 0.2) is 18.2 Å². The standard InChI is InChI=1S/C14H17Cl2NO/c15-11-4-3-10(7-12(11)16)13-8-17-14(9-18-13)5-1-2-6-14/h3-4,7,13,17H,1-2,5-6,8-9H2. The zero-order valence-corrected chi connectivity index (χ0v) is 11.7. The fourth-order valence-corrected chi connectivity index (χ4v) is 3.29. The largest absolute Gasteiger partial charge is 0.370 e. The van der Waals surface area contributed by atoms with E-state index in [-0.39, 0.29) is 11.6 Å². The molecule has 0 aromatic heterocycles. The lowest BCUT2D eigenvalue weighted by molar-refractivity contribution is -0.0326. The van der Waals surface area contributed by atoms with E-state index in [1.165, 1.54) is 25.7 Å². The minimum atomic E-state index is 0.0889. The van der Waals surface area contributed by atoms with Crippen LogP contribution in [0.5, 0.6) is 0 Å². The summed E-state index contributed by atoms with van der Waals surface area (Å²) in [5.74, 6) is 0. The van der Waals surface area contributed by atoms with Crippen molar-refractivity contribution >= 4 is 23.2 Å². The number of halogens is 2. The molecule has 1 aromatic carbocycles. The van der Waals surface area contributed by atoms with Gasteiger partial charge in [0.25, 0.3) is 0 Å². The maximum absolute atomic E-state index is 6.05. The van der Waals surface area contributed by atoms with Crippen molar-refractivity contribution in [2.24, 2.45) is 0 Å². The molecule has 1 unspecified atom stereocenters. The van der Waals surface area contributed by atoms with Crippen LogP contribution in [-0.2, 0) is 4.74 Å². The molecule has 0 amide bonds. The van der Waals surface area contributed by atoms with E-state index in [1.54, 1.807) is 0 Å². The number of benzene rings is 1. The van der Waals surface area contributed by atoms with E-state index < -0.39 is 0 Å². The molecule has 1 heterocycles. The van der Waals surface area contributed by atoms with E-state index in [2.05, 4.69) is 5.32 Å². The molecule has 2 fully saturated rings. The fourth-order valence-electron chi connectivity index (χ4n) is 2.98. The fraction of sp³-hybridized carbons (Fsp3) is 0.571. The highest BCUT2D eigenvalue weighted by Gasteiger charge is 2.38. The molecule has 1 spiro atoms. The van der Waals surface area contributed by atoms with Crippen LogP contribution in [0.25, 0.3) is 0 Å². The second-order valence-electron chi connectivity index (χ2n) is 5.34. The molecule has 1 saturated carbocycles. The zero-order valence-electron chi connectivity index (χ0n) is 10.2. The summed E-state index contributed by atoms with van der Waals surface area (Å²) in [6.45, 7) is 1.66. The SMILES string of the molecule is Clc1ccc(C2CNC3(CCCC3)CO2)cc1Cl. The average Bonchev–Trinajstić information content (AvgIpc) is 2.82. The first-order valence-electron chi connectivity index (χ1n) is 6.50. The van der Waals surface area contributed by atoms with Gasteiger partial charge in [-0.1, -0.05) is 42.1 Å². The van der Waals surface area contributed by atoms with Crippen molar-refractivity contribution in [2.45, 2.75) is 37.3 Å². The minimum Gasteiger partial charge on any atom is -0.370 e. The molecular formula is C14H17Cl2NO. The second-order valence-corrected chi connectivity index (χ2v) is 6.16. The molecule has 98 valence electrons. The quantitative estimate of drug-likeness (QED) is 0.843.